The lowest BCUT2D eigenvalue weighted by molar-refractivity contribution is 0.0725. The van der Waals surface area contributed by atoms with Crippen molar-refractivity contribution in [2.24, 2.45) is 11.7 Å². The summed E-state index contributed by atoms with van der Waals surface area (Å²) in [6.45, 7) is 7.48. The minimum atomic E-state index is 0.00807. The van der Waals surface area contributed by atoms with Gasteiger partial charge in [0, 0.05) is 6.61 Å². The summed E-state index contributed by atoms with van der Waals surface area (Å²) in [7, 11) is 0. The van der Waals surface area contributed by atoms with Crippen molar-refractivity contribution in [1.82, 2.24) is 0 Å². The zero-order valence-corrected chi connectivity index (χ0v) is 11.0. The average Bonchev–Trinajstić information content (AvgIpc) is 2.74. The van der Waals surface area contributed by atoms with Gasteiger partial charge in [0.1, 0.15) is 0 Å². The van der Waals surface area contributed by atoms with Gasteiger partial charge in [-0.2, -0.15) is 0 Å². The third kappa shape index (κ3) is 2.70. The van der Waals surface area contributed by atoms with E-state index in [0.29, 0.717) is 11.8 Å². The molecule has 94 valence electrons. The number of hydrogen-bond donors (Lipinski definition) is 1. The third-order valence-corrected chi connectivity index (χ3v) is 3.79. The molecule has 0 bridgehead atoms. The quantitative estimate of drug-likeness (QED) is 0.870. The van der Waals surface area contributed by atoms with E-state index in [2.05, 4.69) is 45.0 Å². The highest BCUT2D eigenvalue weighted by molar-refractivity contribution is 5.27. The van der Waals surface area contributed by atoms with Gasteiger partial charge < -0.3 is 10.5 Å². The molecule has 0 aromatic heterocycles. The predicted octanol–water partition coefficient (Wildman–Crippen LogP) is 3.23. The van der Waals surface area contributed by atoms with E-state index in [0.717, 1.165) is 13.0 Å². The lowest BCUT2D eigenvalue weighted by Crippen LogP contribution is -2.29. The lowest BCUT2D eigenvalue weighted by Gasteiger charge is -2.23. The van der Waals surface area contributed by atoms with E-state index in [-0.39, 0.29) is 12.1 Å². The van der Waals surface area contributed by atoms with Crippen molar-refractivity contribution in [3.63, 3.8) is 0 Å². The van der Waals surface area contributed by atoms with Crippen LogP contribution in [0.5, 0.6) is 0 Å². The Hall–Kier alpha value is -0.860. The molecule has 2 rings (SSSR count). The normalized spacial score (nSPS) is 26.4. The van der Waals surface area contributed by atoms with Crippen molar-refractivity contribution >= 4 is 0 Å². The molecule has 2 nitrogen and oxygen atoms in total. The van der Waals surface area contributed by atoms with Gasteiger partial charge in [-0.1, -0.05) is 45.0 Å². The Morgan fingerprint density at radius 3 is 2.24 bits per heavy atom. The second-order valence-corrected chi connectivity index (χ2v) is 5.45. The molecule has 0 amide bonds. The Kier molecular flexibility index (Phi) is 3.85. The van der Waals surface area contributed by atoms with Crippen molar-refractivity contribution in [2.75, 3.05) is 6.61 Å². The molecule has 1 fully saturated rings. The van der Waals surface area contributed by atoms with Crippen LogP contribution in [0.2, 0.25) is 0 Å². The second kappa shape index (κ2) is 5.19. The highest BCUT2D eigenvalue weighted by Gasteiger charge is 2.30. The number of rotatable bonds is 3. The van der Waals surface area contributed by atoms with Crippen LogP contribution in [0, 0.1) is 5.92 Å². The molecular formula is C15H23NO. The summed E-state index contributed by atoms with van der Waals surface area (Å²) in [6, 6.07) is 8.66. The Morgan fingerprint density at radius 1 is 1.18 bits per heavy atom. The summed E-state index contributed by atoms with van der Waals surface area (Å²) >= 11 is 0. The third-order valence-electron chi connectivity index (χ3n) is 3.79. The standard InChI is InChI=1S/C15H23NO/c1-10(2)12-4-6-13(7-5-12)14(16)15-11(3)8-9-17-15/h4-7,10-11,14-15H,8-9,16H2,1-3H3. The van der Waals surface area contributed by atoms with Crippen LogP contribution in [-0.4, -0.2) is 12.7 Å². The smallest absolute Gasteiger partial charge is 0.0793 e. The van der Waals surface area contributed by atoms with E-state index in [1.54, 1.807) is 0 Å². The van der Waals surface area contributed by atoms with E-state index in [1.165, 1.54) is 11.1 Å². The molecule has 0 spiro atoms. The van der Waals surface area contributed by atoms with Gasteiger partial charge in [-0.25, -0.2) is 0 Å². The predicted molar refractivity (Wildman–Crippen MR) is 71.0 cm³/mol. The van der Waals surface area contributed by atoms with Gasteiger partial charge >= 0.3 is 0 Å². The molecule has 1 aliphatic heterocycles. The fourth-order valence-electron chi connectivity index (χ4n) is 2.47. The zero-order valence-electron chi connectivity index (χ0n) is 11.0. The zero-order chi connectivity index (χ0) is 12.4. The Balaban J connectivity index is 2.11. The van der Waals surface area contributed by atoms with Gasteiger partial charge in [0.05, 0.1) is 12.1 Å². The van der Waals surface area contributed by atoms with E-state index in [4.69, 9.17) is 10.5 Å². The Labute approximate surface area is 104 Å². The van der Waals surface area contributed by atoms with Gasteiger partial charge in [0.2, 0.25) is 0 Å². The van der Waals surface area contributed by atoms with E-state index >= 15 is 0 Å². The Morgan fingerprint density at radius 2 is 1.76 bits per heavy atom. The van der Waals surface area contributed by atoms with Crippen LogP contribution in [0.1, 0.15) is 50.3 Å². The number of ether oxygens (including phenoxy) is 1. The fraction of sp³-hybridized carbons (Fsp3) is 0.600. The molecule has 0 saturated carbocycles. The van der Waals surface area contributed by atoms with Gasteiger partial charge in [0.15, 0.2) is 0 Å². The lowest BCUT2D eigenvalue weighted by atomic mass is 9.92. The molecule has 3 unspecified atom stereocenters. The maximum absolute atomic E-state index is 6.29. The molecule has 1 aromatic rings. The summed E-state index contributed by atoms with van der Waals surface area (Å²) in [6.07, 6.45) is 1.31. The van der Waals surface area contributed by atoms with E-state index in [9.17, 15) is 0 Å². The first-order valence-corrected chi connectivity index (χ1v) is 6.56. The number of benzene rings is 1. The van der Waals surface area contributed by atoms with Crippen molar-refractivity contribution < 1.29 is 4.74 Å². The van der Waals surface area contributed by atoms with Crippen LogP contribution in [0.15, 0.2) is 24.3 Å². The highest BCUT2D eigenvalue weighted by Crippen LogP contribution is 2.30. The molecule has 1 saturated heterocycles. The first-order chi connectivity index (χ1) is 8.09. The molecule has 2 N–H and O–H groups in total. The van der Waals surface area contributed by atoms with Crippen LogP contribution in [-0.2, 0) is 4.74 Å². The van der Waals surface area contributed by atoms with Crippen molar-refractivity contribution in [3.05, 3.63) is 35.4 Å². The average molecular weight is 233 g/mol. The van der Waals surface area contributed by atoms with E-state index < -0.39 is 0 Å². The molecular weight excluding hydrogens is 210 g/mol. The Bertz CT molecular complexity index is 358. The first-order valence-electron chi connectivity index (χ1n) is 6.56. The first kappa shape index (κ1) is 12.6. The molecule has 3 atom stereocenters. The fourth-order valence-corrected chi connectivity index (χ4v) is 2.47. The van der Waals surface area contributed by atoms with Gasteiger partial charge in [-0.3, -0.25) is 0 Å². The SMILES string of the molecule is CC(C)c1ccc(C(N)C2OCCC2C)cc1. The van der Waals surface area contributed by atoms with Crippen LogP contribution >= 0.6 is 0 Å². The number of nitrogens with two attached hydrogens (primary N) is 1. The molecule has 0 aliphatic carbocycles. The van der Waals surface area contributed by atoms with Crippen molar-refractivity contribution in [1.29, 1.82) is 0 Å². The van der Waals surface area contributed by atoms with E-state index in [1.807, 2.05) is 0 Å². The van der Waals surface area contributed by atoms with Crippen molar-refractivity contribution in [3.8, 4) is 0 Å². The summed E-state index contributed by atoms with van der Waals surface area (Å²) in [4.78, 5) is 0. The van der Waals surface area contributed by atoms with Crippen LogP contribution < -0.4 is 5.73 Å². The van der Waals surface area contributed by atoms with Gasteiger partial charge in [-0.05, 0) is 29.4 Å². The second-order valence-electron chi connectivity index (χ2n) is 5.45. The van der Waals surface area contributed by atoms with Crippen LogP contribution in [0.25, 0.3) is 0 Å². The maximum atomic E-state index is 6.29. The largest absolute Gasteiger partial charge is 0.376 e. The minimum Gasteiger partial charge on any atom is -0.376 e. The summed E-state index contributed by atoms with van der Waals surface area (Å²) in [5, 5.41) is 0. The van der Waals surface area contributed by atoms with Crippen LogP contribution in [0.3, 0.4) is 0 Å². The molecule has 0 radical (unpaired) electrons. The molecule has 1 aromatic carbocycles. The van der Waals surface area contributed by atoms with Gasteiger partial charge in [-0.15, -0.1) is 0 Å². The summed E-state index contributed by atoms with van der Waals surface area (Å²) < 4.78 is 5.73. The number of hydrogen-bond acceptors (Lipinski definition) is 2. The minimum absolute atomic E-state index is 0.00807. The molecule has 2 heteroatoms. The maximum Gasteiger partial charge on any atom is 0.0793 e. The van der Waals surface area contributed by atoms with Gasteiger partial charge in [0.25, 0.3) is 0 Å². The monoisotopic (exact) mass is 233 g/mol. The molecule has 1 heterocycles. The topological polar surface area (TPSA) is 35.2 Å². The highest BCUT2D eigenvalue weighted by atomic mass is 16.5. The van der Waals surface area contributed by atoms with Crippen LogP contribution in [0.4, 0.5) is 0 Å². The van der Waals surface area contributed by atoms with Crippen molar-refractivity contribution in [2.45, 2.75) is 45.3 Å². The molecule has 17 heavy (non-hydrogen) atoms. The summed E-state index contributed by atoms with van der Waals surface area (Å²) in [5.41, 5.74) is 8.84. The molecule has 1 aliphatic rings. The summed E-state index contributed by atoms with van der Waals surface area (Å²) in [5.74, 6) is 1.14.